The average Bonchev–Trinajstić information content (AvgIpc) is 2.67. The fourth-order valence-corrected chi connectivity index (χ4v) is 2.01. The van der Waals surface area contributed by atoms with Crippen LogP contribution in [0.25, 0.3) is 0 Å². The van der Waals surface area contributed by atoms with Crippen molar-refractivity contribution in [2.45, 2.75) is 6.42 Å². The van der Waals surface area contributed by atoms with Gasteiger partial charge in [0.25, 0.3) is 0 Å². The minimum absolute atomic E-state index is 0.247. The van der Waals surface area contributed by atoms with E-state index >= 15 is 0 Å². The Kier molecular flexibility index (Phi) is 2.87. The number of hydrogen-bond acceptors (Lipinski definition) is 2. The SMILES string of the molecule is Fc1cccnc1N1CCC(CCl)C1. The van der Waals surface area contributed by atoms with Crippen molar-refractivity contribution < 1.29 is 4.39 Å². The second-order valence-electron chi connectivity index (χ2n) is 3.56. The van der Waals surface area contributed by atoms with Gasteiger partial charge in [0.2, 0.25) is 0 Å². The first-order chi connectivity index (χ1) is 6.81. The van der Waals surface area contributed by atoms with Crippen molar-refractivity contribution in [2.24, 2.45) is 5.92 Å². The molecule has 0 aromatic carbocycles. The van der Waals surface area contributed by atoms with Gasteiger partial charge in [-0.25, -0.2) is 9.37 Å². The van der Waals surface area contributed by atoms with Crippen LogP contribution in [0.2, 0.25) is 0 Å². The number of aromatic nitrogens is 1. The van der Waals surface area contributed by atoms with Crippen molar-refractivity contribution in [2.75, 3.05) is 23.9 Å². The van der Waals surface area contributed by atoms with E-state index in [-0.39, 0.29) is 5.82 Å². The van der Waals surface area contributed by atoms with Crippen LogP contribution in [0.4, 0.5) is 10.2 Å². The monoisotopic (exact) mass is 214 g/mol. The van der Waals surface area contributed by atoms with Gasteiger partial charge in [-0.2, -0.15) is 0 Å². The van der Waals surface area contributed by atoms with Crippen molar-refractivity contribution in [1.82, 2.24) is 4.98 Å². The van der Waals surface area contributed by atoms with E-state index in [0.29, 0.717) is 17.6 Å². The molecule has 1 aromatic rings. The Hall–Kier alpha value is -0.830. The quantitative estimate of drug-likeness (QED) is 0.703. The highest BCUT2D eigenvalue weighted by Gasteiger charge is 2.24. The predicted molar refractivity (Wildman–Crippen MR) is 55.2 cm³/mol. The maximum atomic E-state index is 13.3. The molecule has 2 heterocycles. The molecule has 0 saturated carbocycles. The summed E-state index contributed by atoms with van der Waals surface area (Å²) >= 11 is 5.76. The second-order valence-corrected chi connectivity index (χ2v) is 3.87. The van der Waals surface area contributed by atoms with Crippen LogP contribution in [-0.2, 0) is 0 Å². The molecule has 1 saturated heterocycles. The topological polar surface area (TPSA) is 16.1 Å². The molecular formula is C10H12ClFN2. The van der Waals surface area contributed by atoms with Gasteiger partial charge in [-0.05, 0) is 24.5 Å². The summed E-state index contributed by atoms with van der Waals surface area (Å²) in [7, 11) is 0. The van der Waals surface area contributed by atoms with E-state index in [0.717, 1.165) is 19.5 Å². The molecule has 0 N–H and O–H groups in total. The van der Waals surface area contributed by atoms with Crippen LogP contribution in [0.15, 0.2) is 18.3 Å². The molecule has 4 heteroatoms. The molecule has 1 aliphatic rings. The Bertz CT molecular complexity index is 319. The standard InChI is InChI=1S/C10H12ClFN2/c11-6-8-3-5-14(7-8)10-9(12)2-1-4-13-10/h1-2,4,8H,3,5-7H2. The fraction of sp³-hybridized carbons (Fsp3) is 0.500. The molecule has 0 bridgehead atoms. The highest BCUT2D eigenvalue weighted by atomic mass is 35.5. The van der Waals surface area contributed by atoms with Crippen molar-refractivity contribution in [3.63, 3.8) is 0 Å². The molecule has 1 aromatic heterocycles. The maximum absolute atomic E-state index is 13.3. The predicted octanol–water partition coefficient (Wildman–Crippen LogP) is 2.29. The number of hydrogen-bond donors (Lipinski definition) is 0. The summed E-state index contributed by atoms with van der Waals surface area (Å²) in [5.41, 5.74) is 0. The average molecular weight is 215 g/mol. The largest absolute Gasteiger partial charge is 0.354 e. The number of rotatable bonds is 2. The Morgan fingerprint density at radius 3 is 3.14 bits per heavy atom. The lowest BCUT2D eigenvalue weighted by atomic mass is 10.2. The summed E-state index contributed by atoms with van der Waals surface area (Å²) in [4.78, 5) is 6.00. The van der Waals surface area contributed by atoms with Gasteiger partial charge in [0, 0.05) is 25.2 Å². The summed E-state index contributed by atoms with van der Waals surface area (Å²) in [5.74, 6) is 1.33. The smallest absolute Gasteiger partial charge is 0.165 e. The molecule has 1 unspecified atom stereocenters. The van der Waals surface area contributed by atoms with Crippen molar-refractivity contribution in [1.29, 1.82) is 0 Å². The van der Waals surface area contributed by atoms with Crippen molar-refractivity contribution in [3.05, 3.63) is 24.1 Å². The molecule has 1 aliphatic heterocycles. The number of anilines is 1. The van der Waals surface area contributed by atoms with Crippen LogP contribution >= 0.6 is 11.6 Å². The summed E-state index contributed by atoms with van der Waals surface area (Å²) in [6.07, 6.45) is 2.64. The van der Waals surface area contributed by atoms with Gasteiger partial charge >= 0.3 is 0 Å². The summed E-state index contributed by atoms with van der Waals surface area (Å²) in [6, 6.07) is 3.05. The number of pyridine rings is 1. The van der Waals surface area contributed by atoms with E-state index in [1.165, 1.54) is 6.07 Å². The molecule has 14 heavy (non-hydrogen) atoms. The third-order valence-electron chi connectivity index (χ3n) is 2.54. The zero-order chi connectivity index (χ0) is 9.97. The molecule has 0 radical (unpaired) electrons. The van der Waals surface area contributed by atoms with E-state index in [1.807, 2.05) is 4.90 Å². The highest BCUT2D eigenvalue weighted by molar-refractivity contribution is 6.18. The third kappa shape index (κ3) is 1.82. The first kappa shape index (κ1) is 9.71. The van der Waals surface area contributed by atoms with Gasteiger partial charge < -0.3 is 4.90 Å². The molecule has 2 rings (SSSR count). The van der Waals surface area contributed by atoms with E-state index in [9.17, 15) is 4.39 Å². The number of halogens is 2. The van der Waals surface area contributed by atoms with Crippen LogP contribution in [0.3, 0.4) is 0 Å². The maximum Gasteiger partial charge on any atom is 0.165 e. The van der Waals surface area contributed by atoms with Crippen LogP contribution in [0.1, 0.15) is 6.42 Å². The first-order valence-electron chi connectivity index (χ1n) is 4.72. The Morgan fingerprint density at radius 2 is 2.50 bits per heavy atom. The second kappa shape index (κ2) is 4.13. The van der Waals surface area contributed by atoms with E-state index in [4.69, 9.17) is 11.6 Å². The van der Waals surface area contributed by atoms with Gasteiger partial charge in [-0.3, -0.25) is 0 Å². The number of nitrogens with zero attached hydrogens (tertiary/aromatic N) is 2. The number of alkyl halides is 1. The highest BCUT2D eigenvalue weighted by Crippen LogP contribution is 2.24. The zero-order valence-electron chi connectivity index (χ0n) is 7.79. The van der Waals surface area contributed by atoms with Gasteiger partial charge in [-0.1, -0.05) is 0 Å². The lowest BCUT2D eigenvalue weighted by molar-refractivity contribution is 0.612. The van der Waals surface area contributed by atoms with Gasteiger partial charge in [0.15, 0.2) is 11.6 Å². The molecule has 1 fully saturated rings. The molecule has 2 nitrogen and oxygen atoms in total. The molecule has 0 amide bonds. The fourth-order valence-electron chi connectivity index (χ4n) is 1.76. The normalized spacial score (nSPS) is 21.6. The van der Waals surface area contributed by atoms with E-state index in [2.05, 4.69) is 4.98 Å². The van der Waals surface area contributed by atoms with Crippen LogP contribution in [0.5, 0.6) is 0 Å². The Balaban J connectivity index is 2.13. The van der Waals surface area contributed by atoms with Crippen LogP contribution in [-0.4, -0.2) is 24.0 Å². The minimum Gasteiger partial charge on any atom is -0.354 e. The molecular weight excluding hydrogens is 203 g/mol. The summed E-state index contributed by atoms with van der Waals surface area (Å²) < 4.78 is 13.3. The van der Waals surface area contributed by atoms with Crippen LogP contribution < -0.4 is 4.90 Å². The lowest BCUT2D eigenvalue weighted by Gasteiger charge is -2.17. The summed E-state index contributed by atoms with van der Waals surface area (Å²) in [6.45, 7) is 1.67. The minimum atomic E-state index is -0.247. The van der Waals surface area contributed by atoms with Gasteiger partial charge in [0.05, 0.1) is 0 Å². The Labute approximate surface area is 87.7 Å². The lowest BCUT2D eigenvalue weighted by Crippen LogP contribution is -2.22. The van der Waals surface area contributed by atoms with Gasteiger partial charge in [0.1, 0.15) is 0 Å². The Morgan fingerprint density at radius 1 is 1.64 bits per heavy atom. The van der Waals surface area contributed by atoms with E-state index < -0.39 is 0 Å². The molecule has 0 spiro atoms. The van der Waals surface area contributed by atoms with E-state index in [1.54, 1.807) is 12.3 Å². The third-order valence-corrected chi connectivity index (χ3v) is 2.98. The molecule has 1 atom stereocenters. The molecule has 76 valence electrons. The van der Waals surface area contributed by atoms with Crippen LogP contribution in [0, 0.1) is 11.7 Å². The first-order valence-corrected chi connectivity index (χ1v) is 5.26. The van der Waals surface area contributed by atoms with Gasteiger partial charge in [-0.15, -0.1) is 11.6 Å². The van der Waals surface area contributed by atoms with Crippen molar-refractivity contribution in [3.8, 4) is 0 Å². The zero-order valence-corrected chi connectivity index (χ0v) is 8.54. The summed E-state index contributed by atoms with van der Waals surface area (Å²) in [5, 5.41) is 0. The molecule has 0 aliphatic carbocycles. The van der Waals surface area contributed by atoms with Crippen molar-refractivity contribution >= 4 is 17.4 Å².